The van der Waals surface area contributed by atoms with Gasteiger partial charge in [-0.1, -0.05) is 17.7 Å². The van der Waals surface area contributed by atoms with E-state index in [0.29, 0.717) is 23.7 Å². The van der Waals surface area contributed by atoms with E-state index < -0.39 is 6.03 Å². The molecule has 0 unspecified atom stereocenters. The number of hydrogen-bond donors (Lipinski definition) is 3. The fourth-order valence-corrected chi connectivity index (χ4v) is 2.87. The van der Waals surface area contributed by atoms with Crippen LogP contribution in [0.25, 0.3) is 5.70 Å². The fraction of sp³-hybridized carbons (Fsp3) is 0.273. The molecule has 0 spiro atoms. The number of allylic oxidation sites excluding steroid dienone is 1. The molecule has 2 amide bonds. The molecule has 0 atom stereocenters. The van der Waals surface area contributed by atoms with Crippen LogP contribution in [0.4, 0.5) is 16.2 Å². The van der Waals surface area contributed by atoms with Crippen molar-refractivity contribution in [1.29, 1.82) is 0 Å². The van der Waals surface area contributed by atoms with Gasteiger partial charge in [0.25, 0.3) is 0 Å². The normalized spacial score (nSPS) is 11.2. The minimum absolute atomic E-state index is 0.112. The van der Waals surface area contributed by atoms with Gasteiger partial charge >= 0.3 is 6.03 Å². The van der Waals surface area contributed by atoms with Crippen molar-refractivity contribution in [2.24, 2.45) is 5.10 Å². The number of carbonyl (C=O) groups is 1. The van der Waals surface area contributed by atoms with E-state index in [-0.39, 0.29) is 10.8 Å². The molecule has 0 saturated carbocycles. The number of likely N-dealkylation sites (N-methyl/N-ethyl adjacent to an activating group) is 1. The van der Waals surface area contributed by atoms with Gasteiger partial charge in [-0.15, -0.1) is 0 Å². The first-order valence-electron chi connectivity index (χ1n) is 9.60. The summed E-state index contributed by atoms with van der Waals surface area (Å²) in [7, 11) is 5.73. The van der Waals surface area contributed by atoms with E-state index in [1.165, 1.54) is 12.1 Å². The molecular formula is C22H28ClN5O3. The van der Waals surface area contributed by atoms with Gasteiger partial charge in [-0.3, -0.25) is 5.01 Å². The molecule has 2 rings (SSSR count). The number of hydrogen-bond acceptors (Lipinski definition) is 6. The number of phenolic OH excluding ortho intramolecular Hbond substituents is 1. The Bertz CT molecular complexity index is 962. The van der Waals surface area contributed by atoms with Crippen LogP contribution in [0.15, 0.2) is 47.6 Å². The van der Waals surface area contributed by atoms with E-state index >= 15 is 0 Å². The molecule has 0 fully saturated rings. The van der Waals surface area contributed by atoms with Crippen LogP contribution < -0.4 is 15.4 Å². The van der Waals surface area contributed by atoms with Gasteiger partial charge in [0.15, 0.2) is 0 Å². The summed E-state index contributed by atoms with van der Waals surface area (Å²) in [6.45, 7) is 6.74. The summed E-state index contributed by atoms with van der Waals surface area (Å²) in [5.41, 5.74) is 2.51. The van der Waals surface area contributed by atoms with E-state index in [2.05, 4.69) is 22.5 Å². The van der Waals surface area contributed by atoms with Gasteiger partial charge in [0.1, 0.15) is 18.1 Å². The van der Waals surface area contributed by atoms with Crippen LogP contribution in [0.3, 0.4) is 0 Å². The second-order valence-corrected chi connectivity index (χ2v) is 7.35. The maximum Gasteiger partial charge on any atom is 0.323 e. The molecule has 3 N–H and O–H groups in total. The quantitative estimate of drug-likeness (QED) is 0.389. The van der Waals surface area contributed by atoms with E-state index in [4.69, 9.17) is 16.3 Å². The van der Waals surface area contributed by atoms with Crippen LogP contribution >= 0.6 is 11.6 Å². The molecule has 166 valence electrons. The summed E-state index contributed by atoms with van der Waals surface area (Å²) in [6.07, 6.45) is 1.89. The highest BCUT2D eigenvalue weighted by Crippen LogP contribution is 2.31. The summed E-state index contributed by atoms with van der Waals surface area (Å²) in [5.74, 6) is 0.553. The lowest BCUT2D eigenvalue weighted by Gasteiger charge is -2.21. The summed E-state index contributed by atoms with van der Waals surface area (Å²) < 4.78 is 5.97. The zero-order valence-electron chi connectivity index (χ0n) is 18.1. The molecule has 0 aliphatic heterocycles. The molecule has 0 bridgehead atoms. The van der Waals surface area contributed by atoms with Gasteiger partial charge in [-0.25, -0.2) is 4.79 Å². The number of amides is 2. The Morgan fingerprint density at radius 2 is 1.84 bits per heavy atom. The van der Waals surface area contributed by atoms with Crippen molar-refractivity contribution < 1.29 is 14.6 Å². The molecule has 9 heteroatoms. The van der Waals surface area contributed by atoms with Gasteiger partial charge in [-0.2, -0.15) is 5.10 Å². The highest BCUT2D eigenvalue weighted by atomic mass is 35.5. The number of anilines is 2. The first-order chi connectivity index (χ1) is 14.7. The Morgan fingerprint density at radius 3 is 2.42 bits per heavy atom. The number of halogens is 1. The number of nitrogens with one attached hydrogen (secondary N) is 2. The molecule has 31 heavy (non-hydrogen) atoms. The summed E-state index contributed by atoms with van der Waals surface area (Å²) in [4.78, 5) is 14.5. The van der Waals surface area contributed by atoms with Crippen LogP contribution in [-0.4, -0.2) is 62.1 Å². The number of hydrazone groups is 1. The predicted molar refractivity (Wildman–Crippen MR) is 127 cm³/mol. The number of rotatable bonds is 9. The maximum absolute atomic E-state index is 12.4. The lowest BCUT2D eigenvalue weighted by Crippen LogP contribution is -2.21. The largest absolute Gasteiger partial charge is 0.506 e. The molecule has 0 radical (unpaired) electrons. The minimum Gasteiger partial charge on any atom is -0.506 e. The zero-order chi connectivity index (χ0) is 23.0. The monoisotopic (exact) mass is 445 g/mol. The van der Waals surface area contributed by atoms with E-state index in [1.54, 1.807) is 36.3 Å². The van der Waals surface area contributed by atoms with Crippen LogP contribution in [-0.2, 0) is 0 Å². The van der Waals surface area contributed by atoms with Crippen LogP contribution in [0.2, 0.25) is 5.02 Å². The number of benzene rings is 2. The average molecular weight is 446 g/mol. The van der Waals surface area contributed by atoms with Crippen molar-refractivity contribution >= 4 is 41.4 Å². The van der Waals surface area contributed by atoms with Crippen molar-refractivity contribution in [1.82, 2.24) is 9.91 Å². The number of urea groups is 1. The molecule has 0 heterocycles. The molecule has 8 nitrogen and oxygen atoms in total. The smallest absolute Gasteiger partial charge is 0.323 e. The Morgan fingerprint density at radius 1 is 1.19 bits per heavy atom. The first kappa shape index (κ1) is 24.0. The maximum atomic E-state index is 12.4. The molecule has 2 aromatic rings. The average Bonchev–Trinajstić information content (AvgIpc) is 2.72. The third kappa shape index (κ3) is 6.91. The number of nitrogens with zero attached hydrogens (tertiary/aromatic N) is 3. The minimum atomic E-state index is -0.467. The van der Waals surface area contributed by atoms with Gasteiger partial charge in [0.2, 0.25) is 0 Å². The Labute approximate surface area is 187 Å². The highest BCUT2D eigenvalue weighted by Gasteiger charge is 2.15. The second-order valence-electron chi connectivity index (χ2n) is 6.95. The highest BCUT2D eigenvalue weighted by molar-refractivity contribution is 6.32. The van der Waals surface area contributed by atoms with E-state index in [1.807, 2.05) is 32.0 Å². The van der Waals surface area contributed by atoms with E-state index in [0.717, 1.165) is 17.8 Å². The molecule has 2 aromatic carbocycles. The summed E-state index contributed by atoms with van der Waals surface area (Å²) >= 11 is 5.80. The fourth-order valence-electron chi connectivity index (χ4n) is 2.75. The molecular weight excluding hydrogens is 418 g/mol. The number of ether oxygens (including phenoxy) is 1. The third-order valence-corrected chi connectivity index (χ3v) is 4.67. The summed E-state index contributed by atoms with van der Waals surface area (Å²) in [6, 6.07) is 9.36. The van der Waals surface area contributed by atoms with Crippen molar-refractivity contribution in [3.63, 3.8) is 0 Å². The van der Waals surface area contributed by atoms with Gasteiger partial charge < -0.3 is 25.4 Å². The molecule has 0 saturated heterocycles. The van der Waals surface area contributed by atoms with Crippen LogP contribution in [0, 0.1) is 0 Å². The SMILES string of the molecule is C=NN(C)/C(=C\C)c1cc(NC(=O)Nc2ccc(Cl)c(O)c2)ccc1OCCN(C)C. The Hall–Kier alpha value is -3.23. The van der Waals surface area contributed by atoms with Crippen molar-refractivity contribution in [3.8, 4) is 11.5 Å². The lowest BCUT2D eigenvalue weighted by atomic mass is 10.1. The Balaban J connectivity index is 2.24. The number of phenols is 1. The summed E-state index contributed by atoms with van der Waals surface area (Å²) in [5, 5.41) is 20.9. The lowest BCUT2D eigenvalue weighted by molar-refractivity contribution is 0.260. The zero-order valence-corrected chi connectivity index (χ0v) is 18.9. The van der Waals surface area contributed by atoms with Crippen molar-refractivity contribution in [2.45, 2.75) is 6.92 Å². The number of carbonyl (C=O) groups excluding carboxylic acids is 1. The van der Waals surface area contributed by atoms with Gasteiger partial charge in [0.05, 0.1) is 10.7 Å². The molecule has 0 aliphatic carbocycles. The predicted octanol–water partition coefficient (Wildman–Crippen LogP) is 4.54. The third-order valence-electron chi connectivity index (χ3n) is 4.35. The van der Waals surface area contributed by atoms with Crippen LogP contribution in [0.5, 0.6) is 11.5 Å². The molecule has 0 aliphatic rings. The second kappa shape index (κ2) is 11.2. The standard InChI is InChI=1S/C22H28ClN5O3/c1-6-19(28(5)24-2)17-13-15(8-10-21(17)31-12-11-27(3)4)25-22(30)26-16-7-9-18(23)20(29)14-16/h6-10,13-14,29H,2,11-12H2,1,3-5H3,(H2,25,26,30)/b19-6-. The van der Waals surface area contributed by atoms with Crippen molar-refractivity contribution in [3.05, 3.63) is 53.1 Å². The van der Waals surface area contributed by atoms with Gasteiger partial charge in [0, 0.05) is 43.3 Å². The van der Waals surface area contributed by atoms with Crippen molar-refractivity contribution in [2.75, 3.05) is 44.9 Å². The number of aromatic hydroxyl groups is 1. The Kier molecular flexibility index (Phi) is 8.72. The van der Waals surface area contributed by atoms with Crippen LogP contribution in [0.1, 0.15) is 12.5 Å². The molecule has 0 aromatic heterocycles. The first-order valence-corrected chi connectivity index (χ1v) is 9.98. The van der Waals surface area contributed by atoms with Gasteiger partial charge in [-0.05, 0) is 51.4 Å². The van der Waals surface area contributed by atoms with E-state index in [9.17, 15) is 9.90 Å². The topological polar surface area (TPSA) is 89.4 Å².